The predicted molar refractivity (Wildman–Crippen MR) is 82.3 cm³/mol. The SMILES string of the molecule is CCN(CC)C(=O)c1ccccc1NCc1cc(C)on1. The van der Waals surface area contributed by atoms with Gasteiger partial charge in [-0.2, -0.15) is 0 Å². The number of rotatable bonds is 6. The molecular weight excluding hydrogens is 266 g/mol. The van der Waals surface area contributed by atoms with Gasteiger partial charge in [-0.1, -0.05) is 17.3 Å². The van der Waals surface area contributed by atoms with E-state index in [1.54, 1.807) is 4.90 Å². The normalized spacial score (nSPS) is 10.4. The highest BCUT2D eigenvalue weighted by Crippen LogP contribution is 2.18. The zero-order valence-electron chi connectivity index (χ0n) is 12.7. The van der Waals surface area contributed by atoms with Crippen molar-refractivity contribution >= 4 is 11.6 Å². The van der Waals surface area contributed by atoms with Crippen molar-refractivity contribution in [2.75, 3.05) is 18.4 Å². The quantitative estimate of drug-likeness (QED) is 0.887. The van der Waals surface area contributed by atoms with E-state index in [1.807, 2.05) is 51.1 Å². The second-order valence-electron chi connectivity index (χ2n) is 4.81. The lowest BCUT2D eigenvalue weighted by molar-refractivity contribution is 0.0774. The molecule has 1 aromatic heterocycles. The van der Waals surface area contributed by atoms with E-state index in [4.69, 9.17) is 4.52 Å². The molecule has 0 atom stereocenters. The van der Waals surface area contributed by atoms with Crippen molar-refractivity contribution in [1.29, 1.82) is 0 Å². The van der Waals surface area contributed by atoms with Gasteiger partial charge in [-0.05, 0) is 32.9 Å². The fourth-order valence-electron chi connectivity index (χ4n) is 2.19. The number of hydrogen-bond donors (Lipinski definition) is 1. The molecule has 0 aliphatic carbocycles. The van der Waals surface area contributed by atoms with Crippen LogP contribution in [0.15, 0.2) is 34.9 Å². The lowest BCUT2D eigenvalue weighted by atomic mass is 10.1. The molecule has 1 N–H and O–H groups in total. The largest absolute Gasteiger partial charge is 0.379 e. The third-order valence-corrected chi connectivity index (χ3v) is 3.34. The molecule has 0 fully saturated rings. The number of nitrogens with zero attached hydrogens (tertiary/aromatic N) is 2. The van der Waals surface area contributed by atoms with Gasteiger partial charge in [-0.25, -0.2) is 0 Å². The van der Waals surface area contributed by atoms with Crippen LogP contribution in [0.5, 0.6) is 0 Å². The highest BCUT2D eigenvalue weighted by molar-refractivity contribution is 5.99. The van der Waals surface area contributed by atoms with Crippen LogP contribution in [0.3, 0.4) is 0 Å². The van der Waals surface area contributed by atoms with Crippen molar-refractivity contribution < 1.29 is 9.32 Å². The molecule has 2 rings (SSSR count). The van der Waals surface area contributed by atoms with Crippen LogP contribution < -0.4 is 5.32 Å². The van der Waals surface area contributed by atoms with Crippen molar-refractivity contribution in [2.24, 2.45) is 0 Å². The Kier molecular flexibility index (Phi) is 4.98. The number of carbonyl (C=O) groups excluding carboxylic acids is 1. The minimum atomic E-state index is 0.0411. The third kappa shape index (κ3) is 3.62. The van der Waals surface area contributed by atoms with Crippen molar-refractivity contribution in [3.05, 3.63) is 47.3 Å². The van der Waals surface area contributed by atoms with Gasteiger partial charge in [-0.3, -0.25) is 4.79 Å². The van der Waals surface area contributed by atoms with E-state index in [0.717, 1.165) is 17.1 Å². The second kappa shape index (κ2) is 6.92. The molecule has 0 aliphatic heterocycles. The van der Waals surface area contributed by atoms with Gasteiger partial charge in [0.15, 0.2) is 0 Å². The monoisotopic (exact) mass is 287 g/mol. The number of benzene rings is 1. The zero-order valence-corrected chi connectivity index (χ0v) is 12.7. The average molecular weight is 287 g/mol. The molecule has 21 heavy (non-hydrogen) atoms. The number of amides is 1. The molecule has 0 bridgehead atoms. The van der Waals surface area contributed by atoms with Crippen LogP contribution in [0.25, 0.3) is 0 Å². The predicted octanol–water partition coefficient (Wildman–Crippen LogP) is 3.08. The van der Waals surface area contributed by atoms with E-state index in [9.17, 15) is 4.79 Å². The molecule has 1 amide bonds. The lowest BCUT2D eigenvalue weighted by Gasteiger charge is -2.20. The average Bonchev–Trinajstić information content (AvgIpc) is 2.92. The van der Waals surface area contributed by atoms with Crippen molar-refractivity contribution in [1.82, 2.24) is 10.1 Å². The minimum Gasteiger partial charge on any atom is -0.379 e. The summed E-state index contributed by atoms with van der Waals surface area (Å²) in [5.74, 6) is 0.818. The fourth-order valence-corrected chi connectivity index (χ4v) is 2.19. The Morgan fingerprint density at radius 1 is 1.29 bits per heavy atom. The molecule has 0 radical (unpaired) electrons. The van der Waals surface area contributed by atoms with Gasteiger partial charge < -0.3 is 14.7 Å². The van der Waals surface area contributed by atoms with E-state index in [1.165, 1.54) is 0 Å². The van der Waals surface area contributed by atoms with Crippen molar-refractivity contribution in [2.45, 2.75) is 27.3 Å². The third-order valence-electron chi connectivity index (χ3n) is 3.34. The molecule has 0 aliphatic rings. The first-order chi connectivity index (χ1) is 10.2. The van der Waals surface area contributed by atoms with E-state index in [-0.39, 0.29) is 5.91 Å². The minimum absolute atomic E-state index is 0.0411. The first-order valence-electron chi connectivity index (χ1n) is 7.20. The summed E-state index contributed by atoms with van der Waals surface area (Å²) in [6.45, 7) is 7.75. The van der Waals surface area contributed by atoms with Crippen molar-refractivity contribution in [3.8, 4) is 0 Å². The molecule has 5 heteroatoms. The zero-order chi connectivity index (χ0) is 15.2. The number of nitrogens with one attached hydrogen (secondary N) is 1. The smallest absolute Gasteiger partial charge is 0.255 e. The van der Waals surface area contributed by atoms with Crippen molar-refractivity contribution in [3.63, 3.8) is 0 Å². The van der Waals surface area contributed by atoms with Gasteiger partial charge in [0.2, 0.25) is 0 Å². The van der Waals surface area contributed by atoms with E-state index in [0.29, 0.717) is 25.2 Å². The van der Waals surface area contributed by atoms with Crippen LogP contribution in [0.2, 0.25) is 0 Å². The van der Waals surface area contributed by atoms with Crippen LogP contribution in [0.4, 0.5) is 5.69 Å². The summed E-state index contributed by atoms with van der Waals surface area (Å²) < 4.78 is 5.04. The van der Waals surface area contributed by atoms with E-state index >= 15 is 0 Å². The Morgan fingerprint density at radius 3 is 2.62 bits per heavy atom. The molecule has 2 aromatic rings. The maximum absolute atomic E-state index is 12.5. The molecular formula is C16H21N3O2. The van der Waals surface area contributed by atoms with E-state index < -0.39 is 0 Å². The highest BCUT2D eigenvalue weighted by atomic mass is 16.5. The molecule has 112 valence electrons. The summed E-state index contributed by atoms with van der Waals surface area (Å²) in [6, 6.07) is 9.42. The maximum atomic E-state index is 12.5. The van der Waals surface area contributed by atoms with Crippen LogP contribution in [-0.4, -0.2) is 29.1 Å². The summed E-state index contributed by atoms with van der Waals surface area (Å²) in [7, 11) is 0. The van der Waals surface area contributed by atoms with Gasteiger partial charge in [0.25, 0.3) is 5.91 Å². The summed E-state index contributed by atoms with van der Waals surface area (Å²) >= 11 is 0. The lowest BCUT2D eigenvalue weighted by Crippen LogP contribution is -2.31. The second-order valence-corrected chi connectivity index (χ2v) is 4.81. The Bertz CT molecular complexity index is 603. The number of aryl methyl sites for hydroxylation is 1. The molecule has 0 saturated heterocycles. The number of anilines is 1. The molecule has 0 spiro atoms. The van der Waals surface area contributed by atoms with Crippen LogP contribution in [-0.2, 0) is 6.54 Å². The first kappa shape index (κ1) is 15.1. The summed E-state index contributed by atoms with van der Waals surface area (Å²) in [4.78, 5) is 14.3. The summed E-state index contributed by atoms with van der Waals surface area (Å²) in [5, 5.41) is 7.20. The summed E-state index contributed by atoms with van der Waals surface area (Å²) in [5.41, 5.74) is 2.31. The van der Waals surface area contributed by atoms with Crippen LogP contribution >= 0.6 is 0 Å². The van der Waals surface area contributed by atoms with Gasteiger partial charge in [0.1, 0.15) is 11.5 Å². The fraction of sp³-hybridized carbons (Fsp3) is 0.375. The molecule has 1 aromatic carbocycles. The van der Waals surface area contributed by atoms with Gasteiger partial charge in [0.05, 0.1) is 12.1 Å². The standard InChI is InChI=1S/C16H21N3O2/c1-4-19(5-2)16(20)14-8-6-7-9-15(14)17-11-13-10-12(3)21-18-13/h6-10,17H,4-5,11H2,1-3H3. The van der Waals surface area contributed by atoms with Gasteiger partial charge in [0, 0.05) is 24.8 Å². The molecule has 1 heterocycles. The molecule has 0 unspecified atom stereocenters. The Hall–Kier alpha value is -2.30. The number of aromatic nitrogens is 1. The molecule has 5 nitrogen and oxygen atoms in total. The number of para-hydroxylation sites is 1. The summed E-state index contributed by atoms with van der Waals surface area (Å²) in [6.07, 6.45) is 0. The number of carbonyl (C=O) groups is 1. The van der Waals surface area contributed by atoms with Crippen LogP contribution in [0.1, 0.15) is 35.7 Å². The Balaban J connectivity index is 2.14. The van der Waals surface area contributed by atoms with Crippen LogP contribution in [0, 0.1) is 6.92 Å². The first-order valence-corrected chi connectivity index (χ1v) is 7.20. The van der Waals surface area contributed by atoms with E-state index in [2.05, 4.69) is 10.5 Å². The topological polar surface area (TPSA) is 58.4 Å². The maximum Gasteiger partial charge on any atom is 0.255 e. The molecule has 0 saturated carbocycles. The Morgan fingerprint density at radius 2 is 2.00 bits per heavy atom. The van der Waals surface area contributed by atoms with Gasteiger partial charge in [-0.15, -0.1) is 0 Å². The van der Waals surface area contributed by atoms with Gasteiger partial charge >= 0.3 is 0 Å². The Labute approximate surface area is 124 Å². The number of hydrogen-bond acceptors (Lipinski definition) is 4. The highest BCUT2D eigenvalue weighted by Gasteiger charge is 2.16.